The first-order chi connectivity index (χ1) is 18.9. The Morgan fingerprint density at radius 1 is 0.791 bits per heavy atom. The van der Waals surface area contributed by atoms with Gasteiger partial charge in [-0.2, -0.15) is 0 Å². The normalized spacial score (nSPS) is 16.7. The third-order valence-corrected chi connectivity index (χ3v) is 7.05. The topological polar surface area (TPSA) is 125 Å². The van der Waals surface area contributed by atoms with Gasteiger partial charge in [0.25, 0.3) is 0 Å². The molecule has 0 aromatic heterocycles. The average molecular weight is 620 g/mol. The van der Waals surface area contributed by atoms with Gasteiger partial charge in [-0.15, -0.1) is 0 Å². The SMILES string of the molecule is C.C.CC(=O)NC(C)C.CC(C)C(=O)N(C)C1CCN(C)CC1.CC(C)NC(=O)C1CCN(C)CC1.CC(C)[C@@H](O)CO. The van der Waals surface area contributed by atoms with Crippen molar-refractivity contribution in [2.24, 2.45) is 17.8 Å². The number of aliphatic hydroxyl groups is 2. The lowest BCUT2D eigenvalue weighted by molar-refractivity contribution is -0.136. The zero-order valence-corrected chi connectivity index (χ0v) is 28.4. The van der Waals surface area contributed by atoms with Gasteiger partial charge in [0.05, 0.1) is 12.7 Å². The summed E-state index contributed by atoms with van der Waals surface area (Å²) in [5, 5.41) is 22.6. The van der Waals surface area contributed by atoms with Gasteiger partial charge < -0.3 is 35.5 Å². The summed E-state index contributed by atoms with van der Waals surface area (Å²) >= 11 is 0. The number of hydrogen-bond donors (Lipinski definition) is 4. The molecule has 1 atom stereocenters. The summed E-state index contributed by atoms with van der Waals surface area (Å²) in [5.74, 6) is 1.10. The first kappa shape index (κ1) is 48.2. The number of likely N-dealkylation sites (tertiary alicyclic amines) is 2. The average Bonchev–Trinajstić information content (AvgIpc) is 2.88. The van der Waals surface area contributed by atoms with Gasteiger partial charge in [0, 0.05) is 43.9 Å². The van der Waals surface area contributed by atoms with Crippen molar-refractivity contribution in [3.63, 3.8) is 0 Å². The summed E-state index contributed by atoms with van der Waals surface area (Å²) in [6, 6.07) is 1.01. The molecule has 0 saturated carbocycles. The van der Waals surface area contributed by atoms with E-state index < -0.39 is 6.10 Å². The lowest BCUT2D eigenvalue weighted by Gasteiger charge is -2.35. The highest BCUT2D eigenvalue weighted by atomic mass is 16.3. The Morgan fingerprint density at radius 3 is 1.44 bits per heavy atom. The largest absolute Gasteiger partial charge is 0.394 e. The van der Waals surface area contributed by atoms with Crippen LogP contribution in [0, 0.1) is 17.8 Å². The Hall–Kier alpha value is -1.75. The number of aliphatic hydroxyl groups excluding tert-OH is 2. The number of piperidine rings is 2. The van der Waals surface area contributed by atoms with Crippen molar-refractivity contribution >= 4 is 17.7 Å². The molecule has 0 aliphatic carbocycles. The van der Waals surface area contributed by atoms with Gasteiger partial charge in [-0.05, 0) is 99.6 Å². The van der Waals surface area contributed by atoms with Crippen molar-refractivity contribution in [2.75, 3.05) is 53.9 Å². The Balaban J connectivity index is -0.000000244. The fourth-order valence-corrected chi connectivity index (χ4v) is 4.26. The molecule has 2 aliphatic heterocycles. The molecule has 0 bridgehead atoms. The molecule has 0 unspecified atom stereocenters. The van der Waals surface area contributed by atoms with Crippen LogP contribution < -0.4 is 10.6 Å². The minimum Gasteiger partial charge on any atom is -0.394 e. The van der Waals surface area contributed by atoms with Gasteiger partial charge in [-0.3, -0.25) is 14.4 Å². The first-order valence-corrected chi connectivity index (χ1v) is 15.4. The standard InChI is InChI=1S/C11H22N2O.C10H20N2O.C5H11NO.C5H12O2.2CH4/c1-9(2)11(14)13(4)10-5-7-12(3)8-6-10;1-8(2)11-10(13)9-4-6-12(3)7-5-9;1-4(2)6-5(3)7;1-4(2)5(7)3-6;;/h9-10H,5-8H2,1-4H3;8-9H,4-7H2,1-3H3,(H,11,13);4H,1-3H3,(H,6,7);4-7H,3H2,1-2H3;2*1H4/t;;;5-;;/m...0../s1. The Bertz CT molecular complexity index is 702. The first-order valence-electron chi connectivity index (χ1n) is 15.4. The van der Waals surface area contributed by atoms with E-state index in [9.17, 15) is 14.4 Å². The third kappa shape index (κ3) is 25.3. The Morgan fingerprint density at radius 2 is 1.19 bits per heavy atom. The number of nitrogens with one attached hydrogen (secondary N) is 2. The van der Waals surface area contributed by atoms with Crippen LogP contribution in [0.4, 0.5) is 0 Å². The minimum atomic E-state index is -0.542. The van der Waals surface area contributed by atoms with E-state index in [0.717, 1.165) is 51.9 Å². The van der Waals surface area contributed by atoms with Crippen LogP contribution in [0.1, 0.15) is 103 Å². The highest BCUT2D eigenvalue weighted by molar-refractivity contribution is 5.79. The van der Waals surface area contributed by atoms with Crippen LogP contribution in [0.15, 0.2) is 0 Å². The number of rotatable bonds is 7. The molecule has 3 amide bonds. The number of hydrogen-bond acceptors (Lipinski definition) is 7. The molecular formula is C33H73N5O5. The molecule has 10 nitrogen and oxygen atoms in total. The second-order valence-corrected chi connectivity index (χ2v) is 12.7. The number of carbonyl (C=O) groups excluding carboxylic acids is 3. The van der Waals surface area contributed by atoms with E-state index >= 15 is 0 Å². The van der Waals surface area contributed by atoms with Crippen LogP contribution in [0.5, 0.6) is 0 Å². The van der Waals surface area contributed by atoms with Crippen molar-refractivity contribution in [3.8, 4) is 0 Å². The van der Waals surface area contributed by atoms with Gasteiger partial charge in [0.15, 0.2) is 0 Å². The zero-order valence-electron chi connectivity index (χ0n) is 28.4. The number of nitrogens with zero attached hydrogens (tertiary/aromatic N) is 3. The lowest BCUT2D eigenvalue weighted by atomic mass is 9.96. The highest BCUT2D eigenvalue weighted by Crippen LogP contribution is 2.17. The third-order valence-electron chi connectivity index (χ3n) is 7.05. The molecule has 43 heavy (non-hydrogen) atoms. The fraction of sp³-hybridized carbons (Fsp3) is 0.909. The molecule has 10 heteroatoms. The Labute approximate surface area is 266 Å². The molecule has 0 aromatic carbocycles. The van der Waals surface area contributed by atoms with E-state index in [1.807, 2.05) is 67.3 Å². The molecule has 2 fully saturated rings. The molecule has 0 radical (unpaired) electrons. The van der Waals surface area contributed by atoms with Crippen molar-refractivity contribution in [3.05, 3.63) is 0 Å². The smallest absolute Gasteiger partial charge is 0.225 e. The number of amides is 3. The van der Waals surface area contributed by atoms with E-state index in [0.29, 0.717) is 6.04 Å². The van der Waals surface area contributed by atoms with Gasteiger partial charge in [0.2, 0.25) is 17.7 Å². The van der Waals surface area contributed by atoms with Gasteiger partial charge in [0.1, 0.15) is 0 Å². The van der Waals surface area contributed by atoms with Crippen molar-refractivity contribution in [1.82, 2.24) is 25.3 Å². The predicted octanol–water partition coefficient (Wildman–Crippen LogP) is 3.85. The Kier molecular flexibility index (Phi) is 29.8. The predicted molar refractivity (Wildman–Crippen MR) is 182 cm³/mol. The summed E-state index contributed by atoms with van der Waals surface area (Å²) in [7, 11) is 6.19. The molecule has 260 valence electrons. The van der Waals surface area contributed by atoms with Crippen molar-refractivity contribution in [2.45, 2.75) is 127 Å². The molecular weight excluding hydrogens is 546 g/mol. The second-order valence-electron chi connectivity index (χ2n) is 12.7. The molecule has 2 heterocycles. The van der Waals surface area contributed by atoms with Crippen molar-refractivity contribution in [1.29, 1.82) is 0 Å². The summed E-state index contributed by atoms with van der Waals surface area (Å²) in [6.45, 7) is 21.2. The maximum Gasteiger partial charge on any atom is 0.225 e. The van der Waals surface area contributed by atoms with Crippen LogP contribution in [0.3, 0.4) is 0 Å². The van der Waals surface area contributed by atoms with Gasteiger partial charge >= 0.3 is 0 Å². The molecule has 2 saturated heterocycles. The zero-order chi connectivity index (χ0) is 32.3. The van der Waals surface area contributed by atoms with Crippen LogP contribution in [-0.4, -0.2) is 121 Å². The van der Waals surface area contributed by atoms with E-state index in [-0.39, 0.29) is 69.0 Å². The van der Waals surface area contributed by atoms with Crippen LogP contribution >= 0.6 is 0 Å². The van der Waals surface area contributed by atoms with E-state index in [4.69, 9.17) is 10.2 Å². The van der Waals surface area contributed by atoms with E-state index in [2.05, 4.69) is 34.5 Å². The summed E-state index contributed by atoms with van der Waals surface area (Å²) in [5.41, 5.74) is 0. The fourth-order valence-electron chi connectivity index (χ4n) is 4.26. The van der Waals surface area contributed by atoms with Gasteiger partial charge in [-0.1, -0.05) is 42.5 Å². The van der Waals surface area contributed by atoms with Crippen LogP contribution in [0.25, 0.3) is 0 Å². The molecule has 4 N–H and O–H groups in total. The minimum absolute atomic E-state index is 0. The molecule has 0 aromatic rings. The lowest BCUT2D eigenvalue weighted by Crippen LogP contribution is -2.45. The molecule has 0 spiro atoms. The van der Waals surface area contributed by atoms with Crippen molar-refractivity contribution < 1.29 is 24.6 Å². The van der Waals surface area contributed by atoms with Crippen LogP contribution in [-0.2, 0) is 14.4 Å². The summed E-state index contributed by atoms with van der Waals surface area (Å²) < 4.78 is 0. The monoisotopic (exact) mass is 620 g/mol. The van der Waals surface area contributed by atoms with E-state index in [1.54, 1.807) is 0 Å². The van der Waals surface area contributed by atoms with E-state index in [1.165, 1.54) is 6.92 Å². The maximum absolute atomic E-state index is 11.7. The van der Waals surface area contributed by atoms with Crippen LogP contribution in [0.2, 0.25) is 0 Å². The summed E-state index contributed by atoms with van der Waals surface area (Å²) in [6.07, 6.45) is 3.71. The summed E-state index contributed by atoms with van der Waals surface area (Å²) in [4.78, 5) is 40.0. The number of carbonyl (C=O) groups is 3. The highest BCUT2D eigenvalue weighted by Gasteiger charge is 2.25. The van der Waals surface area contributed by atoms with Gasteiger partial charge in [-0.25, -0.2) is 0 Å². The molecule has 2 rings (SSSR count). The molecule has 2 aliphatic rings. The second kappa shape index (κ2) is 26.6. The maximum atomic E-state index is 11.7. The quantitative estimate of drug-likeness (QED) is 0.341.